The molecule has 0 rings (SSSR count). The first-order valence-electron chi connectivity index (χ1n) is 8.97. The molecule has 0 aromatic rings. The van der Waals surface area contributed by atoms with Gasteiger partial charge in [0.25, 0.3) is 0 Å². The van der Waals surface area contributed by atoms with E-state index in [-0.39, 0.29) is 0 Å². The quantitative estimate of drug-likeness (QED) is 0.426. The molecular weight excluding hydrogens is 263 g/mol. The summed E-state index contributed by atoms with van der Waals surface area (Å²) in [6.07, 6.45) is 12.9. The number of rotatable bonds is 13. The molecule has 0 saturated heterocycles. The van der Waals surface area contributed by atoms with Crippen molar-refractivity contribution in [1.82, 2.24) is 0 Å². The standard InChI is InChI=1S/C18H39OP/c1-5-9-11-16(7-3)13-18(19,15-20)14-17(8-4)12-10-6-2/h16-17,19H,5-15,20H2,1-4H3. The first-order valence-corrected chi connectivity index (χ1v) is 9.79. The zero-order valence-corrected chi connectivity index (χ0v) is 15.6. The van der Waals surface area contributed by atoms with Crippen molar-refractivity contribution in [3.8, 4) is 0 Å². The van der Waals surface area contributed by atoms with Crippen LogP contribution in [0.15, 0.2) is 0 Å². The molecule has 0 aromatic heterocycles. The minimum absolute atomic E-state index is 0.451. The molecule has 0 fully saturated rings. The van der Waals surface area contributed by atoms with Crippen molar-refractivity contribution in [2.24, 2.45) is 11.8 Å². The van der Waals surface area contributed by atoms with Gasteiger partial charge in [-0.2, -0.15) is 0 Å². The Morgan fingerprint density at radius 2 is 1.25 bits per heavy atom. The van der Waals surface area contributed by atoms with E-state index >= 15 is 0 Å². The molecule has 0 heterocycles. The molecule has 0 bridgehead atoms. The Kier molecular flexibility index (Phi) is 12.2. The summed E-state index contributed by atoms with van der Waals surface area (Å²) < 4.78 is 0. The van der Waals surface area contributed by atoms with E-state index in [1.54, 1.807) is 0 Å². The highest BCUT2D eigenvalue weighted by molar-refractivity contribution is 7.16. The lowest BCUT2D eigenvalue weighted by atomic mass is 9.79. The zero-order chi connectivity index (χ0) is 15.4. The minimum Gasteiger partial charge on any atom is -0.390 e. The molecule has 0 amide bonds. The van der Waals surface area contributed by atoms with E-state index in [1.165, 1.54) is 51.4 Å². The largest absolute Gasteiger partial charge is 0.390 e. The SMILES string of the molecule is CCCCC(CC)CC(O)(CP)CC(CC)CCCC. The fourth-order valence-corrected chi connectivity index (χ4v) is 3.54. The second kappa shape index (κ2) is 12.0. The predicted molar refractivity (Wildman–Crippen MR) is 95.4 cm³/mol. The van der Waals surface area contributed by atoms with Crippen LogP contribution in [0, 0.1) is 11.8 Å². The van der Waals surface area contributed by atoms with Crippen molar-refractivity contribution in [3.63, 3.8) is 0 Å². The van der Waals surface area contributed by atoms with Gasteiger partial charge in [-0.1, -0.05) is 79.1 Å². The molecule has 0 aromatic carbocycles. The third-order valence-electron chi connectivity index (χ3n) is 4.80. The van der Waals surface area contributed by atoms with Crippen molar-refractivity contribution in [3.05, 3.63) is 0 Å². The van der Waals surface area contributed by atoms with Crippen LogP contribution in [0.1, 0.15) is 91.9 Å². The normalized spacial score (nSPS) is 17.7. The second-order valence-corrected chi connectivity index (χ2v) is 7.08. The van der Waals surface area contributed by atoms with Crippen LogP contribution >= 0.6 is 9.24 Å². The summed E-state index contributed by atoms with van der Waals surface area (Å²) in [6.45, 7) is 9.06. The van der Waals surface area contributed by atoms with Gasteiger partial charge >= 0.3 is 0 Å². The molecule has 0 aliphatic rings. The molecule has 122 valence electrons. The lowest BCUT2D eigenvalue weighted by molar-refractivity contribution is 0.0105. The van der Waals surface area contributed by atoms with Crippen LogP contribution in [0.2, 0.25) is 0 Å². The first-order chi connectivity index (χ1) is 9.55. The van der Waals surface area contributed by atoms with Crippen LogP contribution in [0.5, 0.6) is 0 Å². The first kappa shape index (κ1) is 20.4. The number of hydrogen-bond acceptors (Lipinski definition) is 1. The van der Waals surface area contributed by atoms with Crippen molar-refractivity contribution in [2.45, 2.75) is 97.5 Å². The number of hydrogen-bond donors (Lipinski definition) is 1. The van der Waals surface area contributed by atoms with E-state index in [9.17, 15) is 5.11 Å². The summed E-state index contributed by atoms with van der Waals surface area (Å²) in [5.41, 5.74) is -0.451. The van der Waals surface area contributed by atoms with Crippen molar-refractivity contribution in [2.75, 3.05) is 6.16 Å². The van der Waals surface area contributed by atoms with E-state index in [1.807, 2.05) is 0 Å². The topological polar surface area (TPSA) is 20.2 Å². The Bertz CT molecular complexity index is 199. The fraction of sp³-hybridized carbons (Fsp3) is 1.00. The maximum absolute atomic E-state index is 11.0. The fourth-order valence-electron chi connectivity index (χ4n) is 3.21. The monoisotopic (exact) mass is 302 g/mol. The zero-order valence-electron chi connectivity index (χ0n) is 14.5. The third-order valence-corrected chi connectivity index (χ3v) is 5.56. The van der Waals surface area contributed by atoms with Gasteiger partial charge in [-0.15, -0.1) is 9.24 Å². The Balaban J connectivity index is 4.47. The molecule has 1 N–H and O–H groups in total. The molecule has 3 unspecified atom stereocenters. The summed E-state index contributed by atoms with van der Waals surface area (Å²) in [4.78, 5) is 0. The molecule has 0 aliphatic carbocycles. The maximum atomic E-state index is 11.0. The summed E-state index contributed by atoms with van der Waals surface area (Å²) in [7, 11) is 2.79. The van der Waals surface area contributed by atoms with Gasteiger partial charge in [-0.3, -0.25) is 0 Å². The molecule has 0 radical (unpaired) electrons. The molecule has 0 aliphatic heterocycles. The Morgan fingerprint density at radius 1 is 0.850 bits per heavy atom. The minimum atomic E-state index is -0.451. The summed E-state index contributed by atoms with van der Waals surface area (Å²) in [6, 6.07) is 0. The summed E-state index contributed by atoms with van der Waals surface area (Å²) in [5.74, 6) is 1.40. The van der Waals surface area contributed by atoms with Crippen molar-refractivity contribution < 1.29 is 5.11 Å². The highest BCUT2D eigenvalue weighted by Crippen LogP contribution is 2.33. The average Bonchev–Trinajstić information content (AvgIpc) is 2.47. The summed E-state index contributed by atoms with van der Waals surface area (Å²) >= 11 is 0. The van der Waals surface area contributed by atoms with Crippen molar-refractivity contribution in [1.29, 1.82) is 0 Å². The van der Waals surface area contributed by atoms with Gasteiger partial charge in [0.05, 0.1) is 5.60 Å². The highest BCUT2D eigenvalue weighted by Gasteiger charge is 2.30. The molecular formula is C18H39OP. The molecule has 2 heteroatoms. The Labute approximate surface area is 130 Å². The summed E-state index contributed by atoms with van der Waals surface area (Å²) in [5, 5.41) is 11.0. The van der Waals surface area contributed by atoms with E-state index in [2.05, 4.69) is 36.9 Å². The van der Waals surface area contributed by atoms with Crippen molar-refractivity contribution >= 4 is 9.24 Å². The van der Waals surface area contributed by atoms with E-state index in [4.69, 9.17) is 0 Å². The van der Waals surface area contributed by atoms with Crippen LogP contribution in [-0.4, -0.2) is 16.9 Å². The molecule has 3 atom stereocenters. The van der Waals surface area contributed by atoms with Crippen LogP contribution in [0.3, 0.4) is 0 Å². The van der Waals surface area contributed by atoms with Gasteiger partial charge < -0.3 is 5.11 Å². The average molecular weight is 302 g/mol. The van der Waals surface area contributed by atoms with Crippen LogP contribution in [0.4, 0.5) is 0 Å². The van der Waals surface area contributed by atoms with Crippen LogP contribution in [-0.2, 0) is 0 Å². The highest BCUT2D eigenvalue weighted by atomic mass is 31.0. The lowest BCUT2D eigenvalue weighted by Gasteiger charge is -2.34. The van der Waals surface area contributed by atoms with Gasteiger partial charge in [-0.05, 0) is 30.8 Å². The Hall–Kier alpha value is 0.390. The second-order valence-electron chi connectivity index (χ2n) is 6.67. The van der Waals surface area contributed by atoms with Crippen LogP contribution in [0.25, 0.3) is 0 Å². The smallest absolute Gasteiger partial charge is 0.0687 e. The van der Waals surface area contributed by atoms with E-state index < -0.39 is 5.60 Å². The van der Waals surface area contributed by atoms with Gasteiger partial charge in [-0.25, -0.2) is 0 Å². The predicted octanol–water partition coefficient (Wildman–Crippen LogP) is 5.81. The molecule has 20 heavy (non-hydrogen) atoms. The number of unbranched alkanes of at least 4 members (excludes halogenated alkanes) is 2. The third kappa shape index (κ3) is 8.63. The van der Waals surface area contributed by atoms with Crippen LogP contribution < -0.4 is 0 Å². The maximum Gasteiger partial charge on any atom is 0.0687 e. The van der Waals surface area contributed by atoms with E-state index in [0.29, 0.717) is 11.8 Å². The van der Waals surface area contributed by atoms with E-state index in [0.717, 1.165) is 19.0 Å². The molecule has 0 saturated carbocycles. The van der Waals surface area contributed by atoms with Gasteiger partial charge in [0.1, 0.15) is 0 Å². The molecule has 1 nitrogen and oxygen atoms in total. The molecule has 0 spiro atoms. The van der Waals surface area contributed by atoms with Gasteiger partial charge in [0.2, 0.25) is 0 Å². The van der Waals surface area contributed by atoms with Gasteiger partial charge in [0, 0.05) is 0 Å². The lowest BCUT2D eigenvalue weighted by Crippen LogP contribution is -2.36. The van der Waals surface area contributed by atoms with Gasteiger partial charge in [0.15, 0.2) is 0 Å². The number of aliphatic hydroxyl groups is 1. The Morgan fingerprint density at radius 3 is 1.50 bits per heavy atom.